The molecule has 3 nitrogen and oxygen atoms in total. The van der Waals surface area contributed by atoms with E-state index in [1.165, 1.54) is 17.8 Å². The Morgan fingerprint density at radius 3 is 3.00 bits per heavy atom. The van der Waals surface area contributed by atoms with E-state index >= 15 is 0 Å². The highest BCUT2D eigenvalue weighted by atomic mass is 15.3. The Balaban J connectivity index is 1.96. The lowest BCUT2D eigenvalue weighted by atomic mass is 10.2. The molecule has 1 aromatic carbocycles. The van der Waals surface area contributed by atoms with Crippen LogP contribution in [0.25, 0.3) is 0 Å². The van der Waals surface area contributed by atoms with Crippen LogP contribution < -0.4 is 16.0 Å². The van der Waals surface area contributed by atoms with Crippen molar-refractivity contribution in [1.29, 1.82) is 0 Å². The molecule has 1 heterocycles. The highest BCUT2D eigenvalue weighted by molar-refractivity contribution is 5.74. The highest BCUT2D eigenvalue weighted by Crippen LogP contribution is 2.30. The van der Waals surface area contributed by atoms with Crippen LogP contribution in [-0.4, -0.2) is 19.8 Å². The van der Waals surface area contributed by atoms with Gasteiger partial charge >= 0.3 is 0 Å². The number of rotatable bonds is 4. The van der Waals surface area contributed by atoms with E-state index in [1.54, 1.807) is 0 Å². The van der Waals surface area contributed by atoms with Gasteiger partial charge in [-0.3, -0.25) is 0 Å². The van der Waals surface area contributed by atoms with Gasteiger partial charge in [0.2, 0.25) is 0 Å². The summed E-state index contributed by atoms with van der Waals surface area (Å²) < 4.78 is 0. The fourth-order valence-electron chi connectivity index (χ4n) is 1.81. The average molecular weight is 191 g/mol. The van der Waals surface area contributed by atoms with Crippen LogP contribution in [0.3, 0.4) is 0 Å². The van der Waals surface area contributed by atoms with E-state index < -0.39 is 0 Å². The van der Waals surface area contributed by atoms with Gasteiger partial charge in [-0.15, -0.1) is 0 Å². The fourth-order valence-corrected chi connectivity index (χ4v) is 1.81. The second-order valence-electron chi connectivity index (χ2n) is 3.61. The van der Waals surface area contributed by atoms with E-state index in [4.69, 9.17) is 5.73 Å². The Morgan fingerprint density at radius 1 is 1.29 bits per heavy atom. The van der Waals surface area contributed by atoms with Crippen molar-refractivity contribution in [3.8, 4) is 0 Å². The van der Waals surface area contributed by atoms with Crippen molar-refractivity contribution in [2.75, 3.05) is 30.0 Å². The van der Waals surface area contributed by atoms with Crippen molar-refractivity contribution in [3.05, 3.63) is 24.3 Å². The smallest absolute Gasteiger partial charge is 0.0877 e. The number of para-hydroxylation sites is 2. The number of hydrogen-bond acceptors (Lipinski definition) is 3. The van der Waals surface area contributed by atoms with E-state index in [9.17, 15) is 0 Å². The lowest BCUT2D eigenvalue weighted by molar-refractivity contribution is 0.716. The highest BCUT2D eigenvalue weighted by Gasteiger charge is 2.16. The van der Waals surface area contributed by atoms with Crippen molar-refractivity contribution in [2.24, 2.45) is 5.73 Å². The third-order valence-electron chi connectivity index (χ3n) is 2.59. The maximum absolute atomic E-state index is 5.47. The molecule has 14 heavy (non-hydrogen) atoms. The minimum Gasteiger partial charge on any atom is -0.366 e. The largest absolute Gasteiger partial charge is 0.366 e. The molecule has 1 aliphatic heterocycles. The van der Waals surface area contributed by atoms with Crippen molar-refractivity contribution >= 4 is 11.4 Å². The number of anilines is 2. The average Bonchev–Trinajstić information content (AvgIpc) is 2.63. The van der Waals surface area contributed by atoms with Gasteiger partial charge in [0.05, 0.1) is 18.0 Å². The molecule has 0 aromatic heterocycles. The van der Waals surface area contributed by atoms with Gasteiger partial charge in [0.15, 0.2) is 0 Å². The number of unbranched alkanes of at least 4 members (excludes halogenated alkanes) is 1. The molecule has 3 heteroatoms. The first-order valence-electron chi connectivity index (χ1n) is 5.20. The number of nitrogens with one attached hydrogen (secondary N) is 1. The van der Waals surface area contributed by atoms with Crippen LogP contribution in [-0.2, 0) is 0 Å². The first kappa shape index (κ1) is 9.34. The third kappa shape index (κ3) is 1.82. The molecule has 0 unspecified atom stereocenters. The van der Waals surface area contributed by atoms with E-state index in [0.717, 1.165) is 26.2 Å². The topological polar surface area (TPSA) is 41.3 Å². The first-order chi connectivity index (χ1) is 6.92. The standard InChI is InChI=1S/C11H17N3/c12-7-3-4-8-14-9-13-10-5-1-2-6-11(10)14/h1-2,5-6,13H,3-4,7-9,12H2. The molecular weight excluding hydrogens is 174 g/mol. The molecule has 0 radical (unpaired) electrons. The fraction of sp³-hybridized carbons (Fsp3) is 0.455. The zero-order valence-electron chi connectivity index (χ0n) is 8.37. The zero-order valence-corrected chi connectivity index (χ0v) is 8.37. The number of nitrogens with two attached hydrogens (primary N) is 1. The van der Waals surface area contributed by atoms with Crippen LogP contribution in [0, 0.1) is 0 Å². The van der Waals surface area contributed by atoms with Gasteiger partial charge in [0.25, 0.3) is 0 Å². The molecule has 0 aliphatic carbocycles. The zero-order chi connectivity index (χ0) is 9.80. The summed E-state index contributed by atoms with van der Waals surface area (Å²) in [5.41, 5.74) is 8.05. The Bertz CT molecular complexity index is 298. The van der Waals surface area contributed by atoms with Gasteiger partial charge < -0.3 is 16.0 Å². The lowest BCUT2D eigenvalue weighted by Crippen LogP contribution is -2.24. The Kier molecular flexibility index (Phi) is 2.89. The monoisotopic (exact) mass is 191 g/mol. The number of fused-ring (bicyclic) bond motifs is 1. The third-order valence-corrected chi connectivity index (χ3v) is 2.59. The van der Waals surface area contributed by atoms with Crippen LogP contribution in [0.5, 0.6) is 0 Å². The van der Waals surface area contributed by atoms with Gasteiger partial charge in [-0.25, -0.2) is 0 Å². The van der Waals surface area contributed by atoms with E-state index in [2.05, 4.69) is 34.5 Å². The summed E-state index contributed by atoms with van der Waals surface area (Å²) in [5, 5.41) is 3.37. The number of nitrogens with zero attached hydrogens (tertiary/aromatic N) is 1. The maximum Gasteiger partial charge on any atom is 0.0877 e. The molecule has 0 fully saturated rings. The Labute approximate surface area is 84.9 Å². The van der Waals surface area contributed by atoms with Crippen LogP contribution in [0.1, 0.15) is 12.8 Å². The SMILES string of the molecule is NCCCCN1CNc2ccccc21. The summed E-state index contributed by atoms with van der Waals surface area (Å²) in [6.45, 7) is 2.83. The molecule has 0 saturated carbocycles. The van der Waals surface area contributed by atoms with Gasteiger partial charge in [-0.1, -0.05) is 12.1 Å². The van der Waals surface area contributed by atoms with Crippen molar-refractivity contribution in [3.63, 3.8) is 0 Å². The molecule has 0 bridgehead atoms. The Morgan fingerprint density at radius 2 is 2.14 bits per heavy atom. The molecule has 76 valence electrons. The molecule has 0 amide bonds. The van der Waals surface area contributed by atoms with E-state index in [1.807, 2.05) is 0 Å². The van der Waals surface area contributed by atoms with Crippen LogP contribution in [0.2, 0.25) is 0 Å². The summed E-state index contributed by atoms with van der Waals surface area (Å²) in [7, 11) is 0. The van der Waals surface area contributed by atoms with Crippen molar-refractivity contribution < 1.29 is 0 Å². The molecule has 0 saturated heterocycles. The number of hydrogen-bond donors (Lipinski definition) is 2. The molecule has 0 atom stereocenters. The summed E-state index contributed by atoms with van der Waals surface area (Å²) in [5.74, 6) is 0. The maximum atomic E-state index is 5.47. The van der Waals surface area contributed by atoms with Gasteiger partial charge in [-0.05, 0) is 31.5 Å². The van der Waals surface area contributed by atoms with Crippen molar-refractivity contribution in [2.45, 2.75) is 12.8 Å². The minimum atomic E-state index is 0.795. The normalized spacial score (nSPS) is 13.9. The summed E-state index contributed by atoms with van der Waals surface area (Å²) in [6, 6.07) is 8.44. The Hall–Kier alpha value is -1.22. The second kappa shape index (κ2) is 4.33. The summed E-state index contributed by atoms with van der Waals surface area (Å²) >= 11 is 0. The first-order valence-corrected chi connectivity index (χ1v) is 5.20. The summed E-state index contributed by atoms with van der Waals surface area (Å²) in [4.78, 5) is 2.37. The van der Waals surface area contributed by atoms with Crippen LogP contribution in [0.15, 0.2) is 24.3 Å². The van der Waals surface area contributed by atoms with E-state index in [0.29, 0.717) is 0 Å². The van der Waals surface area contributed by atoms with Crippen molar-refractivity contribution in [1.82, 2.24) is 0 Å². The number of benzene rings is 1. The van der Waals surface area contributed by atoms with Gasteiger partial charge in [-0.2, -0.15) is 0 Å². The molecular formula is C11H17N3. The molecule has 3 N–H and O–H groups in total. The van der Waals surface area contributed by atoms with Gasteiger partial charge in [0, 0.05) is 6.54 Å². The summed E-state index contributed by atoms with van der Waals surface area (Å²) in [6.07, 6.45) is 2.28. The lowest BCUT2D eigenvalue weighted by Gasteiger charge is -2.17. The molecule has 1 aromatic rings. The van der Waals surface area contributed by atoms with Crippen LogP contribution in [0.4, 0.5) is 11.4 Å². The second-order valence-corrected chi connectivity index (χ2v) is 3.61. The molecule has 2 rings (SSSR count). The van der Waals surface area contributed by atoms with Crippen LogP contribution >= 0.6 is 0 Å². The quantitative estimate of drug-likeness (QED) is 0.710. The molecule has 0 spiro atoms. The van der Waals surface area contributed by atoms with E-state index in [-0.39, 0.29) is 0 Å². The minimum absolute atomic E-state index is 0.795. The predicted molar refractivity (Wildman–Crippen MR) is 60.6 cm³/mol. The van der Waals surface area contributed by atoms with Gasteiger partial charge in [0.1, 0.15) is 0 Å². The predicted octanol–water partition coefficient (Wildman–Crippen LogP) is 1.61. The molecule has 1 aliphatic rings.